The Labute approximate surface area is 160 Å². The van der Waals surface area contributed by atoms with E-state index < -0.39 is 5.97 Å². The molecular formula is C21H17NO6. The molecule has 7 heteroatoms. The molecule has 0 atom stereocenters. The fourth-order valence-corrected chi connectivity index (χ4v) is 2.43. The number of nitriles is 1. The summed E-state index contributed by atoms with van der Waals surface area (Å²) in [5.74, 6) is 0.414. The van der Waals surface area contributed by atoms with Gasteiger partial charge < -0.3 is 18.6 Å². The molecule has 0 aliphatic heterocycles. The van der Waals surface area contributed by atoms with E-state index in [2.05, 4.69) is 0 Å². The Bertz CT molecular complexity index is 1080. The van der Waals surface area contributed by atoms with Gasteiger partial charge in [-0.15, -0.1) is 0 Å². The van der Waals surface area contributed by atoms with Crippen LogP contribution in [0.3, 0.4) is 0 Å². The molecule has 0 amide bonds. The molecule has 0 aliphatic rings. The van der Waals surface area contributed by atoms with Crippen LogP contribution in [0.1, 0.15) is 23.7 Å². The van der Waals surface area contributed by atoms with Crippen molar-refractivity contribution in [3.63, 3.8) is 0 Å². The van der Waals surface area contributed by atoms with E-state index in [1.165, 1.54) is 12.3 Å². The average molecular weight is 379 g/mol. The zero-order valence-electron chi connectivity index (χ0n) is 15.1. The third-order valence-corrected chi connectivity index (χ3v) is 3.77. The Morgan fingerprint density at radius 1 is 1.14 bits per heavy atom. The van der Waals surface area contributed by atoms with Crippen molar-refractivity contribution < 1.29 is 23.4 Å². The van der Waals surface area contributed by atoms with Crippen LogP contribution >= 0.6 is 0 Å². The molecule has 0 spiro atoms. The lowest BCUT2D eigenvalue weighted by Crippen LogP contribution is -2.06. The fourth-order valence-electron chi connectivity index (χ4n) is 2.43. The fraction of sp³-hybridized carbons (Fsp3) is 0.190. The maximum absolute atomic E-state index is 12.6. The summed E-state index contributed by atoms with van der Waals surface area (Å²) in [5.41, 5.74) is 0.373. The van der Waals surface area contributed by atoms with Crippen LogP contribution in [0.25, 0.3) is 11.0 Å². The van der Waals surface area contributed by atoms with Gasteiger partial charge in [0, 0.05) is 6.07 Å². The van der Waals surface area contributed by atoms with Crippen LogP contribution in [-0.4, -0.2) is 19.2 Å². The first-order chi connectivity index (χ1) is 13.6. The second kappa shape index (κ2) is 8.73. The van der Waals surface area contributed by atoms with Crippen LogP contribution in [-0.2, 0) is 4.74 Å². The first-order valence-electron chi connectivity index (χ1n) is 8.62. The lowest BCUT2D eigenvalue weighted by molar-refractivity contribution is 0.0505. The molecule has 7 nitrogen and oxygen atoms in total. The van der Waals surface area contributed by atoms with Gasteiger partial charge in [-0.05, 0) is 42.8 Å². The summed E-state index contributed by atoms with van der Waals surface area (Å²) < 4.78 is 21.3. The molecular weight excluding hydrogens is 362 g/mol. The summed E-state index contributed by atoms with van der Waals surface area (Å²) in [5, 5.41) is 8.88. The summed E-state index contributed by atoms with van der Waals surface area (Å²) in [6.07, 6.45) is 1.96. The number of carbonyl (C=O) groups excluding carboxylic acids is 1. The number of fused-ring (bicyclic) bond motifs is 1. The van der Waals surface area contributed by atoms with Crippen molar-refractivity contribution in [2.24, 2.45) is 0 Å². The van der Waals surface area contributed by atoms with Crippen molar-refractivity contribution >= 4 is 16.9 Å². The molecule has 0 radical (unpaired) electrons. The number of hydrogen-bond donors (Lipinski definition) is 0. The van der Waals surface area contributed by atoms with Gasteiger partial charge in [0.2, 0.25) is 11.2 Å². The van der Waals surface area contributed by atoms with Crippen molar-refractivity contribution in [2.45, 2.75) is 13.3 Å². The van der Waals surface area contributed by atoms with Crippen molar-refractivity contribution in [3.05, 3.63) is 64.5 Å². The van der Waals surface area contributed by atoms with Gasteiger partial charge in [-0.25, -0.2) is 4.79 Å². The molecule has 3 rings (SSSR count). The van der Waals surface area contributed by atoms with E-state index in [1.807, 2.05) is 13.0 Å². The molecule has 2 aromatic carbocycles. The summed E-state index contributed by atoms with van der Waals surface area (Å²) in [6.45, 7) is 2.18. The Hall–Kier alpha value is -3.79. The normalized spacial score (nSPS) is 10.3. The van der Waals surface area contributed by atoms with E-state index in [1.54, 1.807) is 36.4 Å². The number of rotatable bonds is 7. The van der Waals surface area contributed by atoms with Gasteiger partial charge >= 0.3 is 5.97 Å². The third-order valence-electron chi connectivity index (χ3n) is 3.77. The Balaban J connectivity index is 1.79. The van der Waals surface area contributed by atoms with Crippen LogP contribution in [0.2, 0.25) is 0 Å². The average Bonchev–Trinajstić information content (AvgIpc) is 2.73. The van der Waals surface area contributed by atoms with E-state index in [4.69, 9.17) is 23.9 Å². The van der Waals surface area contributed by atoms with Gasteiger partial charge in [0.05, 0.1) is 17.6 Å². The van der Waals surface area contributed by atoms with E-state index in [9.17, 15) is 9.59 Å². The summed E-state index contributed by atoms with van der Waals surface area (Å²) >= 11 is 0. The molecule has 0 unspecified atom stereocenters. The van der Waals surface area contributed by atoms with Crippen molar-refractivity contribution in [3.8, 4) is 23.3 Å². The zero-order chi connectivity index (χ0) is 19.9. The second-order valence-electron chi connectivity index (χ2n) is 5.80. The van der Waals surface area contributed by atoms with Crippen LogP contribution in [0.15, 0.2) is 57.9 Å². The van der Waals surface area contributed by atoms with Gasteiger partial charge in [-0.2, -0.15) is 5.26 Å². The minimum Gasteiger partial charge on any atom is -0.479 e. The number of carbonyl (C=O) groups is 1. The lowest BCUT2D eigenvalue weighted by atomic mass is 10.2. The van der Waals surface area contributed by atoms with Crippen LogP contribution in [0.5, 0.6) is 17.2 Å². The maximum atomic E-state index is 12.6. The standard InChI is InChI=1S/C21H17NO6/c1-2-10-26-21(24)14-3-5-15(6-4-14)28-19-13-27-18-12-16(25-11-9-22)7-8-17(18)20(19)23/h3-8,12-13H,2,10-11H2,1H3. The molecule has 0 saturated heterocycles. The molecule has 0 fully saturated rings. The SMILES string of the molecule is CCCOC(=O)c1ccc(Oc2coc3cc(OCC#N)ccc3c2=O)cc1. The number of nitrogens with zero attached hydrogens (tertiary/aromatic N) is 1. The maximum Gasteiger partial charge on any atom is 0.338 e. The quantitative estimate of drug-likeness (QED) is 0.571. The van der Waals surface area contributed by atoms with E-state index in [0.717, 1.165) is 6.42 Å². The highest BCUT2D eigenvalue weighted by molar-refractivity contribution is 5.89. The van der Waals surface area contributed by atoms with Gasteiger partial charge in [0.1, 0.15) is 29.4 Å². The summed E-state index contributed by atoms with van der Waals surface area (Å²) in [6, 6.07) is 12.8. The molecule has 0 N–H and O–H groups in total. The zero-order valence-corrected chi connectivity index (χ0v) is 15.1. The number of benzene rings is 2. The molecule has 3 aromatic rings. The van der Waals surface area contributed by atoms with E-state index in [-0.39, 0.29) is 17.8 Å². The minimum absolute atomic E-state index is 0.0134. The molecule has 0 bridgehead atoms. The molecule has 0 saturated carbocycles. The predicted octanol–water partition coefficient (Wildman–Crippen LogP) is 4.05. The first kappa shape index (κ1) is 19.0. The van der Waals surface area contributed by atoms with Crippen LogP contribution < -0.4 is 14.9 Å². The largest absolute Gasteiger partial charge is 0.479 e. The van der Waals surface area contributed by atoms with Crippen LogP contribution in [0.4, 0.5) is 0 Å². The lowest BCUT2D eigenvalue weighted by Gasteiger charge is -2.08. The molecule has 1 aromatic heterocycles. The van der Waals surface area contributed by atoms with Crippen molar-refractivity contribution in [1.29, 1.82) is 5.26 Å². The van der Waals surface area contributed by atoms with Crippen LogP contribution in [0, 0.1) is 11.3 Å². The topological polar surface area (TPSA) is 98.8 Å². The van der Waals surface area contributed by atoms with Crippen molar-refractivity contribution in [1.82, 2.24) is 0 Å². The second-order valence-corrected chi connectivity index (χ2v) is 5.80. The van der Waals surface area contributed by atoms with Gasteiger partial charge in [-0.1, -0.05) is 6.92 Å². The Morgan fingerprint density at radius 3 is 2.61 bits per heavy atom. The predicted molar refractivity (Wildman–Crippen MR) is 101 cm³/mol. The minimum atomic E-state index is -0.409. The van der Waals surface area contributed by atoms with Gasteiger partial charge in [-0.3, -0.25) is 4.79 Å². The summed E-state index contributed by atoms with van der Waals surface area (Å²) in [4.78, 5) is 24.4. The highest BCUT2D eigenvalue weighted by Gasteiger charge is 2.11. The highest BCUT2D eigenvalue weighted by atomic mass is 16.5. The van der Waals surface area contributed by atoms with Crippen molar-refractivity contribution in [2.75, 3.05) is 13.2 Å². The first-order valence-corrected chi connectivity index (χ1v) is 8.62. The molecule has 28 heavy (non-hydrogen) atoms. The molecule has 142 valence electrons. The monoisotopic (exact) mass is 379 g/mol. The van der Waals surface area contributed by atoms with Gasteiger partial charge in [0.25, 0.3) is 0 Å². The smallest absolute Gasteiger partial charge is 0.338 e. The number of esters is 1. The van der Waals surface area contributed by atoms with Gasteiger partial charge in [0.15, 0.2) is 6.61 Å². The Kier molecular flexibility index (Phi) is 5.92. The van der Waals surface area contributed by atoms with E-state index in [0.29, 0.717) is 34.6 Å². The number of ether oxygens (including phenoxy) is 3. The highest BCUT2D eigenvalue weighted by Crippen LogP contribution is 2.24. The summed E-state index contributed by atoms with van der Waals surface area (Å²) in [7, 11) is 0. The van der Waals surface area contributed by atoms with E-state index >= 15 is 0 Å². The Morgan fingerprint density at radius 2 is 1.89 bits per heavy atom. The molecule has 1 heterocycles. The third kappa shape index (κ3) is 4.30. The molecule has 0 aliphatic carbocycles. The number of hydrogen-bond acceptors (Lipinski definition) is 7.